The van der Waals surface area contributed by atoms with Crippen LogP contribution in [0.4, 0.5) is 0 Å². The van der Waals surface area contributed by atoms with Crippen molar-refractivity contribution in [1.82, 2.24) is 10.2 Å². The Morgan fingerprint density at radius 1 is 1.30 bits per heavy atom. The van der Waals surface area contributed by atoms with Gasteiger partial charge in [-0.3, -0.25) is 14.9 Å². The molecule has 0 saturated carbocycles. The van der Waals surface area contributed by atoms with Crippen molar-refractivity contribution in [3.8, 4) is 0 Å². The zero-order valence-corrected chi connectivity index (χ0v) is 13.1. The molecule has 1 N–H and O–H groups in total. The van der Waals surface area contributed by atoms with Gasteiger partial charge in [0.05, 0.1) is 0 Å². The Morgan fingerprint density at radius 2 is 2.05 bits per heavy atom. The van der Waals surface area contributed by atoms with Crippen LogP contribution in [0, 0.1) is 17.3 Å². The van der Waals surface area contributed by atoms with Crippen LogP contribution in [0.5, 0.6) is 0 Å². The summed E-state index contributed by atoms with van der Waals surface area (Å²) < 4.78 is 0. The number of rotatable bonds is 3. The number of hydrogen-bond acceptors (Lipinski definition) is 3. The summed E-state index contributed by atoms with van der Waals surface area (Å²) in [5.74, 6) is 0.165. The average molecular weight is 280 g/mol. The van der Waals surface area contributed by atoms with Gasteiger partial charge in [0.1, 0.15) is 0 Å². The van der Waals surface area contributed by atoms with Crippen LogP contribution < -0.4 is 5.32 Å². The number of likely N-dealkylation sites (tertiary alicyclic amines) is 1. The van der Waals surface area contributed by atoms with E-state index in [1.165, 1.54) is 6.42 Å². The Hall–Kier alpha value is -0.900. The highest BCUT2D eigenvalue weighted by Gasteiger charge is 2.49. The SMILES string of the molecule is CCCN1CCCC2(CC1)CC(=O)NC(=O)C2C(C)C. The molecule has 2 aliphatic rings. The van der Waals surface area contributed by atoms with Gasteiger partial charge in [0.25, 0.3) is 0 Å². The van der Waals surface area contributed by atoms with Crippen LogP contribution in [-0.4, -0.2) is 36.3 Å². The molecule has 2 heterocycles. The van der Waals surface area contributed by atoms with Crippen molar-refractivity contribution in [2.24, 2.45) is 17.3 Å². The molecule has 0 radical (unpaired) electrons. The molecule has 2 atom stereocenters. The first-order valence-electron chi connectivity index (χ1n) is 8.04. The highest BCUT2D eigenvalue weighted by molar-refractivity contribution is 5.99. The minimum Gasteiger partial charge on any atom is -0.303 e. The summed E-state index contributed by atoms with van der Waals surface area (Å²) in [6.45, 7) is 9.68. The number of piperidine rings is 1. The number of nitrogens with zero attached hydrogens (tertiary/aromatic N) is 1. The third-order valence-corrected chi connectivity index (χ3v) is 5.00. The molecule has 2 fully saturated rings. The highest BCUT2D eigenvalue weighted by Crippen LogP contribution is 2.47. The van der Waals surface area contributed by atoms with Crippen molar-refractivity contribution in [1.29, 1.82) is 0 Å². The lowest BCUT2D eigenvalue weighted by Crippen LogP contribution is -2.54. The van der Waals surface area contributed by atoms with Gasteiger partial charge in [0, 0.05) is 12.3 Å². The second-order valence-corrected chi connectivity index (χ2v) is 6.87. The van der Waals surface area contributed by atoms with Crippen molar-refractivity contribution in [3.05, 3.63) is 0 Å². The monoisotopic (exact) mass is 280 g/mol. The molecule has 2 amide bonds. The van der Waals surface area contributed by atoms with E-state index >= 15 is 0 Å². The molecule has 2 rings (SSSR count). The van der Waals surface area contributed by atoms with Gasteiger partial charge in [-0.1, -0.05) is 20.8 Å². The fourth-order valence-electron chi connectivity index (χ4n) is 4.28. The van der Waals surface area contributed by atoms with E-state index < -0.39 is 0 Å². The lowest BCUT2D eigenvalue weighted by atomic mass is 9.62. The quantitative estimate of drug-likeness (QED) is 0.806. The molecule has 114 valence electrons. The van der Waals surface area contributed by atoms with E-state index in [0.717, 1.165) is 38.9 Å². The Labute approximate surface area is 122 Å². The van der Waals surface area contributed by atoms with Gasteiger partial charge in [0.2, 0.25) is 11.8 Å². The van der Waals surface area contributed by atoms with Crippen LogP contribution in [0.15, 0.2) is 0 Å². The second-order valence-electron chi connectivity index (χ2n) is 6.87. The third-order valence-electron chi connectivity index (χ3n) is 5.00. The summed E-state index contributed by atoms with van der Waals surface area (Å²) in [5, 5.41) is 2.55. The number of hydrogen-bond donors (Lipinski definition) is 1. The zero-order valence-electron chi connectivity index (χ0n) is 13.1. The Morgan fingerprint density at radius 3 is 2.70 bits per heavy atom. The molecule has 4 heteroatoms. The summed E-state index contributed by atoms with van der Waals surface area (Å²) in [5.41, 5.74) is -0.101. The summed E-state index contributed by atoms with van der Waals surface area (Å²) >= 11 is 0. The van der Waals surface area contributed by atoms with E-state index in [0.29, 0.717) is 12.3 Å². The van der Waals surface area contributed by atoms with Gasteiger partial charge in [-0.15, -0.1) is 0 Å². The van der Waals surface area contributed by atoms with Crippen molar-refractivity contribution >= 4 is 11.8 Å². The van der Waals surface area contributed by atoms with Crippen LogP contribution in [0.1, 0.15) is 52.9 Å². The van der Waals surface area contributed by atoms with Crippen LogP contribution in [-0.2, 0) is 9.59 Å². The maximum atomic E-state index is 12.3. The van der Waals surface area contributed by atoms with E-state index in [1.807, 2.05) is 0 Å². The van der Waals surface area contributed by atoms with Crippen molar-refractivity contribution in [2.75, 3.05) is 19.6 Å². The van der Waals surface area contributed by atoms with Crippen molar-refractivity contribution in [2.45, 2.75) is 52.9 Å². The van der Waals surface area contributed by atoms with Gasteiger partial charge >= 0.3 is 0 Å². The second kappa shape index (κ2) is 6.25. The average Bonchev–Trinajstić information content (AvgIpc) is 2.52. The van der Waals surface area contributed by atoms with Crippen LogP contribution in [0.3, 0.4) is 0 Å². The molecule has 0 aromatic carbocycles. The molecular weight excluding hydrogens is 252 g/mol. The number of imide groups is 1. The van der Waals surface area contributed by atoms with Crippen molar-refractivity contribution in [3.63, 3.8) is 0 Å². The molecule has 2 aliphatic heterocycles. The largest absolute Gasteiger partial charge is 0.303 e. The summed E-state index contributed by atoms with van der Waals surface area (Å²) in [4.78, 5) is 26.7. The summed E-state index contributed by atoms with van der Waals surface area (Å²) in [6, 6.07) is 0. The maximum Gasteiger partial charge on any atom is 0.230 e. The first-order valence-corrected chi connectivity index (χ1v) is 8.04. The smallest absolute Gasteiger partial charge is 0.230 e. The highest BCUT2D eigenvalue weighted by atomic mass is 16.2. The minimum absolute atomic E-state index is 0.0122. The summed E-state index contributed by atoms with van der Waals surface area (Å²) in [6.07, 6.45) is 4.79. The Bertz CT molecular complexity index is 381. The van der Waals surface area contributed by atoms with Gasteiger partial charge < -0.3 is 4.90 Å². The first-order chi connectivity index (χ1) is 9.48. The predicted molar refractivity (Wildman–Crippen MR) is 79.1 cm³/mol. The molecule has 20 heavy (non-hydrogen) atoms. The standard InChI is InChI=1S/C16H28N2O2/c1-4-8-18-9-5-6-16(7-10-18)11-13(19)17-15(20)14(16)12(2)3/h12,14H,4-11H2,1-3H3,(H,17,19,20). The lowest BCUT2D eigenvalue weighted by Gasteiger charge is -2.44. The minimum atomic E-state index is -0.101. The first kappa shape index (κ1) is 15.5. The third kappa shape index (κ3) is 3.05. The number of carbonyl (C=O) groups excluding carboxylic acids is 2. The van der Waals surface area contributed by atoms with Gasteiger partial charge in [-0.25, -0.2) is 0 Å². The fourth-order valence-corrected chi connectivity index (χ4v) is 4.28. The van der Waals surface area contributed by atoms with Crippen LogP contribution in [0.2, 0.25) is 0 Å². The van der Waals surface area contributed by atoms with Crippen molar-refractivity contribution < 1.29 is 9.59 Å². The maximum absolute atomic E-state index is 12.3. The fraction of sp³-hybridized carbons (Fsp3) is 0.875. The zero-order chi connectivity index (χ0) is 14.8. The lowest BCUT2D eigenvalue weighted by molar-refractivity contribution is -0.146. The van der Waals surface area contributed by atoms with E-state index in [4.69, 9.17) is 0 Å². The summed E-state index contributed by atoms with van der Waals surface area (Å²) in [7, 11) is 0. The molecule has 0 bridgehead atoms. The molecule has 2 saturated heterocycles. The van der Waals surface area contributed by atoms with Crippen LogP contribution >= 0.6 is 0 Å². The van der Waals surface area contributed by atoms with E-state index in [1.54, 1.807) is 0 Å². The topological polar surface area (TPSA) is 49.4 Å². The Balaban J connectivity index is 2.20. The van der Waals surface area contributed by atoms with Crippen LogP contribution in [0.25, 0.3) is 0 Å². The normalized spacial score (nSPS) is 32.5. The number of amides is 2. The molecule has 2 unspecified atom stereocenters. The van der Waals surface area contributed by atoms with E-state index in [9.17, 15) is 9.59 Å². The molecule has 0 aliphatic carbocycles. The number of carbonyl (C=O) groups is 2. The van der Waals surface area contributed by atoms with E-state index in [-0.39, 0.29) is 23.1 Å². The molecular formula is C16H28N2O2. The van der Waals surface area contributed by atoms with Gasteiger partial charge in [-0.2, -0.15) is 0 Å². The number of nitrogens with one attached hydrogen (secondary N) is 1. The molecule has 0 aromatic rings. The molecule has 4 nitrogen and oxygen atoms in total. The van der Waals surface area contributed by atoms with Gasteiger partial charge in [0.15, 0.2) is 0 Å². The van der Waals surface area contributed by atoms with Gasteiger partial charge in [-0.05, 0) is 56.7 Å². The molecule has 1 spiro atoms. The molecule has 0 aromatic heterocycles. The van der Waals surface area contributed by atoms with E-state index in [2.05, 4.69) is 31.0 Å². The predicted octanol–water partition coefficient (Wildman–Crippen LogP) is 2.19. The Kier molecular flexibility index (Phi) is 4.84.